The van der Waals surface area contributed by atoms with E-state index in [1.54, 1.807) is 6.92 Å². The van der Waals surface area contributed by atoms with Crippen molar-refractivity contribution in [3.05, 3.63) is 10.8 Å². The summed E-state index contributed by atoms with van der Waals surface area (Å²) in [6, 6.07) is -0.0807. The molecule has 15 heavy (non-hydrogen) atoms. The highest BCUT2D eigenvalue weighted by Gasteiger charge is 2.24. The molecule has 1 heterocycles. The summed E-state index contributed by atoms with van der Waals surface area (Å²) in [7, 11) is 0. The summed E-state index contributed by atoms with van der Waals surface area (Å²) in [6.07, 6.45) is 0. The second kappa shape index (κ2) is 4.53. The van der Waals surface area contributed by atoms with Gasteiger partial charge in [-0.25, -0.2) is 4.79 Å². The molecule has 1 N–H and O–H groups in total. The monoisotopic (exact) mass is 232 g/mol. The molecule has 6 heteroatoms. The van der Waals surface area contributed by atoms with Gasteiger partial charge in [0, 0.05) is 6.04 Å². The van der Waals surface area contributed by atoms with Gasteiger partial charge < -0.3 is 9.84 Å². The number of rotatable bonds is 3. The van der Waals surface area contributed by atoms with Crippen LogP contribution in [0.3, 0.4) is 0 Å². The number of aromatic hydroxyl groups is 1. The molecule has 0 amide bonds. The van der Waals surface area contributed by atoms with Crippen molar-refractivity contribution >= 4 is 17.6 Å². The van der Waals surface area contributed by atoms with Gasteiger partial charge in [0.25, 0.3) is 0 Å². The van der Waals surface area contributed by atoms with Crippen LogP contribution in [0, 0.1) is 0 Å². The van der Waals surface area contributed by atoms with Crippen LogP contribution in [0.1, 0.15) is 37.3 Å². The number of hydrogen-bond donors (Lipinski definition) is 1. The van der Waals surface area contributed by atoms with Crippen molar-refractivity contribution in [2.24, 2.45) is 0 Å². The largest absolute Gasteiger partial charge is 0.503 e. The average molecular weight is 233 g/mol. The molecule has 0 aliphatic carbocycles. The Kier molecular flexibility index (Phi) is 3.57. The maximum Gasteiger partial charge on any atom is 0.360 e. The molecule has 0 aliphatic heterocycles. The molecular formula is C9H13ClN2O3. The van der Waals surface area contributed by atoms with Crippen molar-refractivity contribution in [1.29, 1.82) is 0 Å². The van der Waals surface area contributed by atoms with Crippen LogP contribution in [0.4, 0.5) is 0 Å². The topological polar surface area (TPSA) is 64.3 Å². The summed E-state index contributed by atoms with van der Waals surface area (Å²) in [5.74, 6) is -0.952. The molecule has 5 nitrogen and oxygen atoms in total. The molecule has 0 unspecified atom stereocenters. The SMILES string of the molecule is CCOC(=O)c1c(O)c(Cl)nn1C(C)C. The Hall–Kier alpha value is -1.23. The molecule has 1 rings (SSSR count). The Labute approximate surface area is 92.6 Å². The molecule has 0 radical (unpaired) electrons. The minimum Gasteiger partial charge on any atom is -0.503 e. The maximum atomic E-state index is 11.5. The van der Waals surface area contributed by atoms with Crippen LogP contribution >= 0.6 is 11.6 Å². The molecule has 1 aromatic heterocycles. The second-order valence-corrected chi connectivity index (χ2v) is 3.60. The first-order valence-electron chi connectivity index (χ1n) is 4.63. The predicted molar refractivity (Wildman–Crippen MR) is 55.2 cm³/mol. The normalized spacial score (nSPS) is 10.7. The first-order valence-corrected chi connectivity index (χ1v) is 5.00. The average Bonchev–Trinajstić information content (AvgIpc) is 2.44. The molecule has 0 fully saturated rings. The van der Waals surface area contributed by atoms with Crippen molar-refractivity contribution in [2.75, 3.05) is 6.61 Å². The number of hydrogen-bond acceptors (Lipinski definition) is 4. The lowest BCUT2D eigenvalue weighted by Gasteiger charge is -2.09. The highest BCUT2D eigenvalue weighted by Crippen LogP contribution is 2.29. The van der Waals surface area contributed by atoms with Crippen molar-refractivity contribution in [3.63, 3.8) is 0 Å². The molecule has 0 bridgehead atoms. The third kappa shape index (κ3) is 2.23. The van der Waals surface area contributed by atoms with E-state index in [4.69, 9.17) is 16.3 Å². The van der Waals surface area contributed by atoms with E-state index in [1.165, 1.54) is 4.68 Å². The van der Waals surface area contributed by atoms with Gasteiger partial charge in [-0.1, -0.05) is 11.6 Å². The van der Waals surface area contributed by atoms with Crippen LogP contribution in [0.2, 0.25) is 5.15 Å². The molecule has 0 atom stereocenters. The maximum absolute atomic E-state index is 11.5. The van der Waals surface area contributed by atoms with Crippen LogP contribution in [0.15, 0.2) is 0 Å². The zero-order chi connectivity index (χ0) is 11.6. The fourth-order valence-corrected chi connectivity index (χ4v) is 1.33. The van der Waals surface area contributed by atoms with E-state index in [-0.39, 0.29) is 29.2 Å². The number of aromatic nitrogens is 2. The molecule has 1 aromatic rings. The number of carbonyl (C=O) groups is 1. The van der Waals surface area contributed by atoms with Gasteiger partial charge in [-0.15, -0.1) is 0 Å². The summed E-state index contributed by atoms with van der Waals surface area (Å²) < 4.78 is 6.14. The lowest BCUT2D eigenvalue weighted by Crippen LogP contribution is -2.15. The highest BCUT2D eigenvalue weighted by atomic mass is 35.5. The van der Waals surface area contributed by atoms with Crippen LogP contribution in [-0.2, 0) is 4.74 Å². The summed E-state index contributed by atoms with van der Waals surface area (Å²) in [5, 5.41) is 13.3. The number of carbonyl (C=O) groups excluding carboxylic acids is 1. The van der Waals surface area contributed by atoms with E-state index in [2.05, 4.69) is 5.10 Å². The van der Waals surface area contributed by atoms with Crippen LogP contribution in [0.25, 0.3) is 0 Å². The van der Waals surface area contributed by atoms with Gasteiger partial charge >= 0.3 is 5.97 Å². The number of halogens is 1. The standard InChI is InChI=1S/C9H13ClN2O3/c1-4-15-9(14)6-7(13)8(10)11-12(6)5(2)3/h5,13H,4H2,1-3H3. The van der Waals surface area contributed by atoms with Crippen LogP contribution in [-0.4, -0.2) is 27.5 Å². The highest BCUT2D eigenvalue weighted by molar-refractivity contribution is 6.31. The van der Waals surface area contributed by atoms with Crippen molar-refractivity contribution < 1.29 is 14.6 Å². The van der Waals surface area contributed by atoms with Crippen LogP contribution in [0.5, 0.6) is 5.75 Å². The molecule has 0 aliphatic rings. The first kappa shape index (κ1) is 11.8. The Bertz CT molecular complexity index is 374. The Morgan fingerprint density at radius 3 is 2.73 bits per heavy atom. The van der Waals surface area contributed by atoms with E-state index in [0.29, 0.717) is 0 Å². The van der Waals surface area contributed by atoms with Crippen molar-refractivity contribution in [3.8, 4) is 5.75 Å². The van der Waals surface area contributed by atoms with Gasteiger partial charge in [0.05, 0.1) is 6.61 Å². The Morgan fingerprint density at radius 2 is 2.27 bits per heavy atom. The smallest absolute Gasteiger partial charge is 0.360 e. The third-order valence-electron chi connectivity index (χ3n) is 1.80. The van der Waals surface area contributed by atoms with E-state index in [1.807, 2.05) is 13.8 Å². The minimum atomic E-state index is -0.622. The fraction of sp³-hybridized carbons (Fsp3) is 0.556. The molecule has 0 aromatic carbocycles. The van der Waals surface area contributed by atoms with E-state index >= 15 is 0 Å². The number of esters is 1. The van der Waals surface area contributed by atoms with Gasteiger partial charge in [0.15, 0.2) is 16.6 Å². The number of ether oxygens (including phenoxy) is 1. The lowest BCUT2D eigenvalue weighted by molar-refractivity contribution is 0.0506. The molecule has 0 spiro atoms. The number of nitrogens with zero attached hydrogens (tertiary/aromatic N) is 2. The summed E-state index contributed by atoms with van der Waals surface area (Å²) in [4.78, 5) is 11.5. The van der Waals surface area contributed by atoms with E-state index in [0.717, 1.165) is 0 Å². The Balaban J connectivity index is 3.19. The third-order valence-corrected chi connectivity index (χ3v) is 2.06. The van der Waals surface area contributed by atoms with Gasteiger partial charge in [0.1, 0.15) is 0 Å². The van der Waals surface area contributed by atoms with Gasteiger partial charge in [-0.05, 0) is 20.8 Å². The molecular weight excluding hydrogens is 220 g/mol. The Morgan fingerprint density at radius 1 is 1.67 bits per heavy atom. The second-order valence-electron chi connectivity index (χ2n) is 3.25. The lowest BCUT2D eigenvalue weighted by atomic mass is 10.3. The van der Waals surface area contributed by atoms with Gasteiger partial charge in [-0.3, -0.25) is 4.68 Å². The van der Waals surface area contributed by atoms with Crippen molar-refractivity contribution in [1.82, 2.24) is 9.78 Å². The summed E-state index contributed by atoms with van der Waals surface area (Å²) in [5.41, 5.74) is -0.00292. The van der Waals surface area contributed by atoms with Crippen molar-refractivity contribution in [2.45, 2.75) is 26.8 Å². The van der Waals surface area contributed by atoms with E-state index < -0.39 is 5.97 Å². The summed E-state index contributed by atoms with van der Waals surface area (Å²) in [6.45, 7) is 5.57. The zero-order valence-electron chi connectivity index (χ0n) is 8.82. The van der Waals surface area contributed by atoms with Gasteiger partial charge in [0.2, 0.25) is 0 Å². The van der Waals surface area contributed by atoms with Gasteiger partial charge in [-0.2, -0.15) is 5.10 Å². The molecule has 84 valence electrons. The summed E-state index contributed by atoms with van der Waals surface area (Å²) >= 11 is 5.63. The zero-order valence-corrected chi connectivity index (χ0v) is 9.58. The fourth-order valence-electron chi connectivity index (χ4n) is 1.16. The molecule has 0 saturated carbocycles. The molecule has 0 saturated heterocycles. The minimum absolute atomic E-state index is 0.00292. The first-order chi connectivity index (χ1) is 6.99. The van der Waals surface area contributed by atoms with E-state index in [9.17, 15) is 9.90 Å². The van der Waals surface area contributed by atoms with Crippen LogP contribution < -0.4 is 0 Å². The quantitative estimate of drug-likeness (QED) is 0.810. The predicted octanol–water partition coefficient (Wildman–Crippen LogP) is 2.00.